The zero-order chi connectivity index (χ0) is 21.3. The van der Waals surface area contributed by atoms with Crippen LogP contribution < -0.4 is 15.4 Å². The molecular weight excluding hydrogens is 376 g/mol. The second kappa shape index (κ2) is 8.48. The average Bonchev–Trinajstić information content (AvgIpc) is 3.14. The summed E-state index contributed by atoms with van der Waals surface area (Å²) >= 11 is 0. The van der Waals surface area contributed by atoms with Crippen LogP contribution in [0.1, 0.15) is 63.6 Å². The Morgan fingerprint density at radius 1 is 1.10 bits per heavy atom. The number of hydrogen-bond donors (Lipinski definition) is 2. The summed E-state index contributed by atoms with van der Waals surface area (Å²) in [6.07, 6.45) is 0.772. The van der Waals surface area contributed by atoms with Crippen molar-refractivity contribution in [1.82, 2.24) is 20.2 Å². The summed E-state index contributed by atoms with van der Waals surface area (Å²) < 4.78 is 7.95. The number of ether oxygens (including phenoxy) is 1. The van der Waals surface area contributed by atoms with E-state index in [4.69, 9.17) is 9.72 Å². The zero-order valence-corrected chi connectivity index (χ0v) is 18.1. The van der Waals surface area contributed by atoms with Gasteiger partial charge in [-0.25, -0.2) is 4.98 Å². The number of nitrogens with one attached hydrogen (secondary N) is 2. The van der Waals surface area contributed by atoms with Crippen molar-refractivity contribution in [3.63, 3.8) is 0 Å². The number of amides is 1. The minimum absolute atomic E-state index is 0.0178. The number of para-hydroxylation sites is 3. The molecule has 0 bridgehead atoms. The fraction of sp³-hybridized carbons (Fsp3) is 0.417. The van der Waals surface area contributed by atoms with Crippen molar-refractivity contribution < 1.29 is 9.53 Å². The number of nitrogens with zero attached hydrogens (tertiary/aromatic N) is 2. The van der Waals surface area contributed by atoms with Crippen molar-refractivity contribution in [3.8, 4) is 5.75 Å². The summed E-state index contributed by atoms with van der Waals surface area (Å²) in [6.45, 7) is 8.89. The van der Waals surface area contributed by atoms with Gasteiger partial charge in [-0.3, -0.25) is 10.1 Å². The minimum Gasteiger partial charge on any atom is -0.493 e. The van der Waals surface area contributed by atoms with Gasteiger partial charge in [-0.15, -0.1) is 0 Å². The third kappa shape index (κ3) is 3.92. The lowest BCUT2D eigenvalue weighted by Crippen LogP contribution is -2.45. The molecule has 1 aliphatic heterocycles. The highest BCUT2D eigenvalue weighted by molar-refractivity contribution is 5.82. The van der Waals surface area contributed by atoms with Gasteiger partial charge in [0.25, 0.3) is 0 Å². The van der Waals surface area contributed by atoms with Crippen molar-refractivity contribution in [2.24, 2.45) is 0 Å². The molecular formula is C24H30N4O2. The van der Waals surface area contributed by atoms with E-state index in [2.05, 4.69) is 42.0 Å². The van der Waals surface area contributed by atoms with Gasteiger partial charge in [-0.05, 0) is 45.9 Å². The smallest absolute Gasteiger partial charge is 0.237 e. The monoisotopic (exact) mass is 406 g/mol. The lowest BCUT2D eigenvalue weighted by atomic mass is 10.0. The van der Waals surface area contributed by atoms with Crippen LogP contribution in [0.3, 0.4) is 0 Å². The SMILES string of the molecule is CC(C)n1c([C@H](C)N[C@@H](C)C(=O)N[C@H]2CCOc3ccccc32)nc2ccccc21. The van der Waals surface area contributed by atoms with Gasteiger partial charge in [0, 0.05) is 18.0 Å². The molecule has 0 aliphatic carbocycles. The summed E-state index contributed by atoms with van der Waals surface area (Å²) in [7, 11) is 0. The largest absolute Gasteiger partial charge is 0.493 e. The first-order valence-corrected chi connectivity index (χ1v) is 10.7. The number of carbonyl (C=O) groups excluding carboxylic acids is 1. The second-order valence-electron chi connectivity index (χ2n) is 8.27. The quantitative estimate of drug-likeness (QED) is 0.641. The lowest BCUT2D eigenvalue weighted by Gasteiger charge is -2.28. The van der Waals surface area contributed by atoms with Crippen LogP contribution in [0.2, 0.25) is 0 Å². The molecule has 0 unspecified atom stereocenters. The van der Waals surface area contributed by atoms with Gasteiger partial charge in [-0.1, -0.05) is 30.3 Å². The first-order chi connectivity index (χ1) is 14.5. The molecule has 0 fully saturated rings. The lowest BCUT2D eigenvalue weighted by molar-refractivity contribution is -0.123. The Labute approximate surface area is 177 Å². The average molecular weight is 407 g/mol. The number of imidazole rings is 1. The number of fused-ring (bicyclic) bond motifs is 2. The third-order valence-electron chi connectivity index (χ3n) is 5.70. The van der Waals surface area contributed by atoms with Gasteiger partial charge in [-0.2, -0.15) is 0 Å². The molecule has 2 aromatic carbocycles. The van der Waals surface area contributed by atoms with Crippen molar-refractivity contribution in [2.45, 2.75) is 58.3 Å². The molecule has 4 rings (SSSR count). The van der Waals surface area contributed by atoms with E-state index in [0.29, 0.717) is 6.61 Å². The molecule has 0 spiro atoms. The highest BCUT2D eigenvalue weighted by Crippen LogP contribution is 2.31. The maximum absolute atomic E-state index is 12.9. The van der Waals surface area contributed by atoms with Crippen LogP contribution in [-0.2, 0) is 4.79 Å². The van der Waals surface area contributed by atoms with Gasteiger partial charge in [0.1, 0.15) is 11.6 Å². The number of rotatable bonds is 6. The summed E-state index contributed by atoms with van der Waals surface area (Å²) in [5, 5.41) is 6.63. The zero-order valence-electron chi connectivity index (χ0n) is 18.1. The molecule has 1 aromatic heterocycles. The Morgan fingerprint density at radius 2 is 1.83 bits per heavy atom. The molecule has 1 amide bonds. The summed E-state index contributed by atoms with van der Waals surface area (Å²) in [5.74, 6) is 1.78. The second-order valence-corrected chi connectivity index (χ2v) is 8.27. The third-order valence-corrected chi connectivity index (χ3v) is 5.70. The van der Waals surface area contributed by atoms with Crippen molar-refractivity contribution in [3.05, 3.63) is 59.9 Å². The minimum atomic E-state index is -0.351. The van der Waals surface area contributed by atoms with Crippen LogP contribution >= 0.6 is 0 Å². The Kier molecular flexibility index (Phi) is 5.77. The maximum Gasteiger partial charge on any atom is 0.237 e. The maximum atomic E-state index is 12.9. The Bertz CT molecular complexity index is 1040. The number of aromatic nitrogens is 2. The van der Waals surface area contributed by atoms with Crippen LogP contribution in [0.5, 0.6) is 5.75 Å². The van der Waals surface area contributed by atoms with Gasteiger partial charge in [0.05, 0.1) is 35.8 Å². The van der Waals surface area contributed by atoms with E-state index in [9.17, 15) is 4.79 Å². The highest BCUT2D eigenvalue weighted by Gasteiger charge is 2.26. The fourth-order valence-corrected chi connectivity index (χ4v) is 4.23. The van der Waals surface area contributed by atoms with Crippen LogP contribution in [0, 0.1) is 0 Å². The van der Waals surface area contributed by atoms with Crippen molar-refractivity contribution in [1.29, 1.82) is 0 Å². The normalized spacial score (nSPS) is 18.0. The fourth-order valence-electron chi connectivity index (χ4n) is 4.23. The molecule has 3 aromatic rings. The van der Waals surface area contributed by atoms with Crippen LogP contribution in [0.25, 0.3) is 11.0 Å². The molecule has 2 heterocycles. The molecule has 30 heavy (non-hydrogen) atoms. The molecule has 0 saturated heterocycles. The number of benzene rings is 2. The predicted molar refractivity (Wildman–Crippen MR) is 119 cm³/mol. The van der Waals surface area contributed by atoms with Crippen LogP contribution in [0.4, 0.5) is 0 Å². The van der Waals surface area contributed by atoms with Gasteiger partial charge in [0.2, 0.25) is 5.91 Å². The molecule has 3 atom stereocenters. The first-order valence-electron chi connectivity index (χ1n) is 10.7. The van der Waals surface area contributed by atoms with E-state index in [-0.39, 0.29) is 30.1 Å². The molecule has 6 nitrogen and oxygen atoms in total. The van der Waals surface area contributed by atoms with E-state index < -0.39 is 0 Å². The predicted octanol–water partition coefficient (Wildman–Crippen LogP) is 4.30. The number of carbonyl (C=O) groups is 1. The molecule has 0 radical (unpaired) electrons. The van der Waals surface area contributed by atoms with Gasteiger partial charge in [0.15, 0.2) is 0 Å². The molecule has 2 N–H and O–H groups in total. The molecule has 6 heteroatoms. The van der Waals surface area contributed by atoms with E-state index in [1.807, 2.05) is 49.4 Å². The summed E-state index contributed by atoms with van der Waals surface area (Å²) in [6, 6.07) is 15.9. The Hall–Kier alpha value is -2.86. The van der Waals surface area contributed by atoms with E-state index in [0.717, 1.165) is 34.6 Å². The highest BCUT2D eigenvalue weighted by atomic mass is 16.5. The Balaban J connectivity index is 1.48. The Morgan fingerprint density at radius 3 is 2.63 bits per heavy atom. The summed E-state index contributed by atoms with van der Waals surface area (Å²) in [5.41, 5.74) is 3.14. The first kappa shape index (κ1) is 20.4. The van der Waals surface area contributed by atoms with Gasteiger partial charge >= 0.3 is 0 Å². The van der Waals surface area contributed by atoms with Crippen LogP contribution in [-0.4, -0.2) is 28.1 Å². The molecule has 158 valence electrons. The van der Waals surface area contributed by atoms with E-state index >= 15 is 0 Å². The van der Waals surface area contributed by atoms with Crippen LogP contribution in [0.15, 0.2) is 48.5 Å². The van der Waals surface area contributed by atoms with Gasteiger partial charge < -0.3 is 14.6 Å². The van der Waals surface area contributed by atoms with E-state index in [1.165, 1.54) is 0 Å². The standard InChI is InChI=1S/C24H30N4O2/c1-15(2)28-21-11-7-6-10-20(21)26-23(28)16(3)25-17(4)24(29)27-19-13-14-30-22-12-8-5-9-18(19)22/h5-12,15-17,19,25H,13-14H2,1-4H3,(H,27,29)/t16-,17-,19-/m0/s1. The molecule has 1 aliphatic rings. The molecule has 0 saturated carbocycles. The van der Waals surface area contributed by atoms with Crippen molar-refractivity contribution in [2.75, 3.05) is 6.61 Å². The van der Waals surface area contributed by atoms with Crippen molar-refractivity contribution >= 4 is 16.9 Å². The topological polar surface area (TPSA) is 68.2 Å². The number of hydrogen-bond acceptors (Lipinski definition) is 4. The van der Waals surface area contributed by atoms with E-state index in [1.54, 1.807) is 0 Å². The summed E-state index contributed by atoms with van der Waals surface area (Å²) in [4.78, 5) is 17.8.